The number of nitrogens with two attached hydrogens (primary N) is 1. The molecule has 2 aliphatic heterocycles. The number of aliphatic carboxylic acids is 1. The van der Waals surface area contributed by atoms with Gasteiger partial charge in [0.15, 0.2) is 0 Å². The molecule has 0 radical (unpaired) electrons. The van der Waals surface area contributed by atoms with Gasteiger partial charge in [-0.05, 0) is 37.3 Å². The molecule has 0 aliphatic carbocycles. The standard InChI is InChI=1S/C23H29N5O5/c24-12-20(29)27-9-4-8-19(27)22(31)28-10-3-7-18(28)21(30)26-17(23(32)33)11-14-13-25-16-6-2-1-5-15(14)16/h1-2,5-6,13,17-19,25H,3-4,7-12,24H2,(H,26,30)(H,32,33). The summed E-state index contributed by atoms with van der Waals surface area (Å²) < 4.78 is 0. The van der Waals surface area contributed by atoms with Crippen LogP contribution in [0, 0.1) is 0 Å². The number of aromatic nitrogens is 1. The zero-order valence-corrected chi connectivity index (χ0v) is 18.3. The van der Waals surface area contributed by atoms with Crippen LogP contribution in [0.4, 0.5) is 0 Å². The summed E-state index contributed by atoms with van der Waals surface area (Å²) in [6, 6.07) is 5.06. The molecule has 2 saturated heterocycles. The molecule has 2 fully saturated rings. The molecule has 0 spiro atoms. The number of H-pyrrole nitrogens is 1. The molecule has 5 N–H and O–H groups in total. The Morgan fingerprint density at radius 1 is 1.09 bits per heavy atom. The summed E-state index contributed by atoms with van der Waals surface area (Å²) in [5.74, 6) is -2.17. The fraction of sp³-hybridized carbons (Fsp3) is 0.478. The lowest BCUT2D eigenvalue weighted by molar-refractivity contribution is -0.147. The third-order valence-corrected chi connectivity index (χ3v) is 6.58. The number of carboxylic acid groups (broad SMARTS) is 1. The number of carboxylic acids is 1. The Kier molecular flexibility index (Phi) is 6.64. The minimum atomic E-state index is -1.14. The number of nitrogens with zero attached hydrogens (tertiary/aromatic N) is 2. The first-order valence-electron chi connectivity index (χ1n) is 11.3. The maximum Gasteiger partial charge on any atom is 0.326 e. The molecule has 4 rings (SSSR count). The van der Waals surface area contributed by atoms with Crippen molar-refractivity contribution in [3.05, 3.63) is 36.0 Å². The maximum atomic E-state index is 13.2. The van der Waals surface area contributed by atoms with Crippen LogP contribution in [-0.2, 0) is 25.6 Å². The van der Waals surface area contributed by atoms with E-state index in [1.807, 2.05) is 24.3 Å². The van der Waals surface area contributed by atoms with Gasteiger partial charge in [0.1, 0.15) is 18.1 Å². The first-order chi connectivity index (χ1) is 15.9. The van der Waals surface area contributed by atoms with Gasteiger partial charge < -0.3 is 30.9 Å². The van der Waals surface area contributed by atoms with Gasteiger partial charge in [0.25, 0.3) is 0 Å². The van der Waals surface area contributed by atoms with E-state index >= 15 is 0 Å². The molecule has 10 nitrogen and oxygen atoms in total. The van der Waals surface area contributed by atoms with Gasteiger partial charge in [-0.15, -0.1) is 0 Å². The van der Waals surface area contributed by atoms with Crippen LogP contribution in [0.1, 0.15) is 31.2 Å². The number of hydrogen-bond acceptors (Lipinski definition) is 5. The molecule has 1 aromatic heterocycles. The number of rotatable bonds is 7. The smallest absolute Gasteiger partial charge is 0.326 e. The average Bonchev–Trinajstić information content (AvgIpc) is 3.57. The SMILES string of the molecule is NCC(=O)N1CCCC1C(=O)N1CCCC1C(=O)NC(Cc1c[nH]c2ccccc12)C(=O)O. The zero-order chi connectivity index (χ0) is 23.5. The summed E-state index contributed by atoms with van der Waals surface area (Å²) >= 11 is 0. The van der Waals surface area contributed by atoms with Crippen LogP contribution < -0.4 is 11.1 Å². The van der Waals surface area contributed by atoms with Gasteiger partial charge in [0, 0.05) is 36.6 Å². The molecule has 3 unspecified atom stereocenters. The van der Waals surface area contributed by atoms with Crippen LogP contribution in [0.3, 0.4) is 0 Å². The lowest BCUT2D eigenvalue weighted by atomic mass is 10.0. The second kappa shape index (κ2) is 9.62. The summed E-state index contributed by atoms with van der Waals surface area (Å²) in [6.45, 7) is 0.711. The van der Waals surface area contributed by atoms with Crippen molar-refractivity contribution < 1.29 is 24.3 Å². The quantitative estimate of drug-likeness (QED) is 0.469. The Labute approximate surface area is 191 Å². The van der Waals surface area contributed by atoms with Crippen molar-refractivity contribution in [3.63, 3.8) is 0 Å². The highest BCUT2D eigenvalue weighted by molar-refractivity contribution is 5.94. The highest BCUT2D eigenvalue weighted by Crippen LogP contribution is 2.25. The number of likely N-dealkylation sites (tertiary alicyclic amines) is 2. The monoisotopic (exact) mass is 455 g/mol. The number of carbonyl (C=O) groups is 4. The highest BCUT2D eigenvalue weighted by atomic mass is 16.4. The van der Waals surface area contributed by atoms with Crippen molar-refractivity contribution in [2.24, 2.45) is 5.73 Å². The first-order valence-corrected chi connectivity index (χ1v) is 11.3. The molecule has 0 bridgehead atoms. The van der Waals surface area contributed by atoms with Crippen LogP contribution >= 0.6 is 0 Å². The molecule has 10 heteroatoms. The van der Waals surface area contributed by atoms with Crippen LogP contribution in [0.2, 0.25) is 0 Å². The van der Waals surface area contributed by atoms with Gasteiger partial charge in [0.05, 0.1) is 6.54 Å². The highest BCUT2D eigenvalue weighted by Gasteiger charge is 2.42. The van der Waals surface area contributed by atoms with E-state index in [-0.39, 0.29) is 24.8 Å². The van der Waals surface area contributed by atoms with E-state index in [4.69, 9.17) is 5.73 Å². The van der Waals surface area contributed by atoms with Crippen molar-refractivity contribution in [2.45, 2.75) is 50.2 Å². The molecule has 1 aromatic carbocycles. The average molecular weight is 456 g/mol. The molecule has 0 saturated carbocycles. The van der Waals surface area contributed by atoms with Crippen molar-refractivity contribution in [2.75, 3.05) is 19.6 Å². The van der Waals surface area contributed by atoms with Gasteiger partial charge >= 0.3 is 5.97 Å². The van der Waals surface area contributed by atoms with Gasteiger partial charge in [0.2, 0.25) is 17.7 Å². The van der Waals surface area contributed by atoms with E-state index in [9.17, 15) is 24.3 Å². The normalized spacial score (nSPS) is 21.4. The number of amides is 3. The molecule has 176 valence electrons. The predicted octanol–water partition coefficient (Wildman–Crippen LogP) is 0.221. The van der Waals surface area contributed by atoms with Crippen LogP contribution in [0.5, 0.6) is 0 Å². The predicted molar refractivity (Wildman–Crippen MR) is 120 cm³/mol. The number of para-hydroxylation sites is 1. The van der Waals surface area contributed by atoms with Crippen LogP contribution in [0.25, 0.3) is 10.9 Å². The Hall–Kier alpha value is -3.40. The molecule has 3 amide bonds. The van der Waals surface area contributed by atoms with Crippen LogP contribution in [-0.4, -0.2) is 81.3 Å². The van der Waals surface area contributed by atoms with Crippen molar-refractivity contribution in [1.82, 2.24) is 20.1 Å². The fourth-order valence-electron chi connectivity index (χ4n) is 4.92. The third-order valence-electron chi connectivity index (χ3n) is 6.58. The Morgan fingerprint density at radius 3 is 2.52 bits per heavy atom. The van der Waals surface area contributed by atoms with Gasteiger partial charge in [-0.25, -0.2) is 4.79 Å². The number of benzene rings is 1. The lowest BCUT2D eigenvalue weighted by Crippen LogP contribution is -2.55. The van der Waals surface area contributed by atoms with E-state index in [2.05, 4.69) is 10.3 Å². The lowest BCUT2D eigenvalue weighted by Gasteiger charge is -2.31. The topological polar surface area (TPSA) is 149 Å². The van der Waals surface area contributed by atoms with E-state index in [1.54, 1.807) is 6.20 Å². The van der Waals surface area contributed by atoms with Crippen molar-refractivity contribution in [3.8, 4) is 0 Å². The third kappa shape index (κ3) is 4.56. The zero-order valence-electron chi connectivity index (χ0n) is 18.3. The van der Waals surface area contributed by atoms with E-state index in [1.165, 1.54) is 9.80 Å². The largest absolute Gasteiger partial charge is 0.480 e. The number of nitrogens with one attached hydrogen (secondary N) is 2. The summed E-state index contributed by atoms with van der Waals surface area (Å²) in [5, 5.41) is 13.3. The van der Waals surface area contributed by atoms with Crippen LogP contribution in [0.15, 0.2) is 30.5 Å². The number of aromatic amines is 1. The summed E-state index contributed by atoms with van der Waals surface area (Å²) in [5.41, 5.74) is 7.16. The summed E-state index contributed by atoms with van der Waals surface area (Å²) in [7, 11) is 0. The second-order valence-corrected chi connectivity index (χ2v) is 8.60. The molecule has 33 heavy (non-hydrogen) atoms. The van der Waals surface area contributed by atoms with E-state index in [0.29, 0.717) is 38.8 Å². The molecule has 3 heterocycles. The minimum Gasteiger partial charge on any atom is -0.480 e. The van der Waals surface area contributed by atoms with Crippen molar-refractivity contribution in [1.29, 1.82) is 0 Å². The first kappa shape index (κ1) is 22.8. The number of hydrogen-bond donors (Lipinski definition) is 4. The van der Waals surface area contributed by atoms with Crippen molar-refractivity contribution >= 4 is 34.6 Å². The Balaban J connectivity index is 1.46. The second-order valence-electron chi connectivity index (χ2n) is 8.60. The molecule has 3 atom stereocenters. The molecular weight excluding hydrogens is 426 g/mol. The summed E-state index contributed by atoms with van der Waals surface area (Å²) in [4.78, 5) is 56.4. The Morgan fingerprint density at radius 2 is 1.79 bits per heavy atom. The number of fused-ring (bicyclic) bond motifs is 1. The van der Waals surface area contributed by atoms with Gasteiger partial charge in [-0.1, -0.05) is 18.2 Å². The maximum absolute atomic E-state index is 13.2. The molecule has 2 aromatic rings. The number of carbonyl (C=O) groups excluding carboxylic acids is 3. The Bertz CT molecular complexity index is 1070. The minimum absolute atomic E-state index is 0.118. The summed E-state index contributed by atoms with van der Waals surface area (Å²) in [6.07, 6.45) is 4.21. The van der Waals surface area contributed by atoms with E-state index < -0.39 is 30.0 Å². The fourth-order valence-corrected chi connectivity index (χ4v) is 4.92. The van der Waals surface area contributed by atoms with Gasteiger partial charge in [-0.2, -0.15) is 0 Å². The molecular formula is C23H29N5O5. The van der Waals surface area contributed by atoms with Gasteiger partial charge in [-0.3, -0.25) is 14.4 Å². The molecule has 2 aliphatic rings. The van der Waals surface area contributed by atoms with E-state index in [0.717, 1.165) is 16.5 Å².